The SMILES string of the molecule is COCCNc1ccc(C(=O)N[C@H]2CCN(Cc3ccccc3)C2)cc1[N+](=O)[O-]. The first-order chi connectivity index (χ1) is 14.1. The summed E-state index contributed by atoms with van der Waals surface area (Å²) in [5.74, 6) is -0.289. The van der Waals surface area contributed by atoms with E-state index >= 15 is 0 Å². The maximum absolute atomic E-state index is 12.6. The van der Waals surface area contributed by atoms with E-state index in [4.69, 9.17) is 4.74 Å². The number of likely N-dealkylation sites (tertiary alicyclic amines) is 1. The Morgan fingerprint density at radius 3 is 2.79 bits per heavy atom. The topological polar surface area (TPSA) is 96.7 Å². The maximum Gasteiger partial charge on any atom is 0.293 e. The highest BCUT2D eigenvalue weighted by Gasteiger charge is 2.25. The molecule has 1 amide bonds. The predicted octanol–water partition coefficient (Wildman–Crippen LogP) is 2.66. The van der Waals surface area contributed by atoms with Crippen molar-refractivity contribution in [2.24, 2.45) is 0 Å². The fourth-order valence-electron chi connectivity index (χ4n) is 3.47. The molecule has 0 aromatic heterocycles. The second-order valence-corrected chi connectivity index (χ2v) is 7.09. The van der Waals surface area contributed by atoms with E-state index in [1.54, 1.807) is 19.2 Å². The number of ether oxygens (including phenoxy) is 1. The Morgan fingerprint density at radius 2 is 2.07 bits per heavy atom. The van der Waals surface area contributed by atoms with Gasteiger partial charge in [0.1, 0.15) is 5.69 Å². The molecule has 1 fully saturated rings. The van der Waals surface area contributed by atoms with Crippen molar-refractivity contribution in [1.82, 2.24) is 10.2 Å². The van der Waals surface area contributed by atoms with Crippen molar-refractivity contribution in [1.29, 1.82) is 0 Å². The van der Waals surface area contributed by atoms with Crippen LogP contribution in [0.1, 0.15) is 22.3 Å². The van der Waals surface area contributed by atoms with Gasteiger partial charge >= 0.3 is 0 Å². The second kappa shape index (κ2) is 9.99. The molecule has 0 radical (unpaired) electrons. The number of amides is 1. The molecule has 1 atom stereocenters. The van der Waals surface area contributed by atoms with Crippen LogP contribution < -0.4 is 10.6 Å². The third-order valence-electron chi connectivity index (χ3n) is 4.93. The second-order valence-electron chi connectivity index (χ2n) is 7.09. The van der Waals surface area contributed by atoms with Crippen molar-refractivity contribution < 1.29 is 14.5 Å². The number of anilines is 1. The minimum absolute atomic E-state index is 0.0322. The lowest BCUT2D eigenvalue weighted by molar-refractivity contribution is -0.384. The summed E-state index contributed by atoms with van der Waals surface area (Å²) in [6, 6.07) is 14.7. The van der Waals surface area contributed by atoms with Crippen LogP contribution in [0.15, 0.2) is 48.5 Å². The van der Waals surface area contributed by atoms with Crippen LogP contribution in [0.3, 0.4) is 0 Å². The van der Waals surface area contributed by atoms with Gasteiger partial charge in [0.2, 0.25) is 0 Å². The largest absolute Gasteiger partial charge is 0.383 e. The molecule has 1 aliphatic heterocycles. The molecule has 0 unspecified atom stereocenters. The van der Waals surface area contributed by atoms with E-state index in [9.17, 15) is 14.9 Å². The van der Waals surface area contributed by atoms with Gasteiger partial charge in [-0.05, 0) is 24.1 Å². The molecule has 8 nitrogen and oxygen atoms in total. The molecule has 0 saturated carbocycles. The molecule has 8 heteroatoms. The van der Waals surface area contributed by atoms with Crippen LogP contribution in [0.25, 0.3) is 0 Å². The molecule has 3 rings (SSSR count). The minimum atomic E-state index is -0.483. The number of carbonyl (C=O) groups excluding carboxylic acids is 1. The quantitative estimate of drug-likeness (QED) is 0.383. The van der Waals surface area contributed by atoms with E-state index in [1.807, 2.05) is 18.2 Å². The Morgan fingerprint density at radius 1 is 1.28 bits per heavy atom. The zero-order valence-corrected chi connectivity index (χ0v) is 16.5. The number of rotatable bonds is 9. The third kappa shape index (κ3) is 5.75. The van der Waals surface area contributed by atoms with E-state index in [0.717, 1.165) is 26.1 Å². The lowest BCUT2D eigenvalue weighted by atomic mass is 10.1. The first-order valence-electron chi connectivity index (χ1n) is 9.65. The molecule has 1 saturated heterocycles. The summed E-state index contributed by atoms with van der Waals surface area (Å²) in [7, 11) is 1.56. The van der Waals surface area contributed by atoms with Crippen molar-refractivity contribution in [2.75, 3.05) is 38.7 Å². The number of methoxy groups -OCH3 is 1. The van der Waals surface area contributed by atoms with E-state index in [0.29, 0.717) is 18.8 Å². The normalized spacial score (nSPS) is 16.5. The summed E-state index contributed by atoms with van der Waals surface area (Å²) in [5, 5.41) is 17.4. The van der Waals surface area contributed by atoms with Crippen LogP contribution >= 0.6 is 0 Å². The fourth-order valence-corrected chi connectivity index (χ4v) is 3.47. The minimum Gasteiger partial charge on any atom is -0.383 e. The predicted molar refractivity (Wildman–Crippen MR) is 111 cm³/mol. The molecular formula is C21H26N4O4. The number of hydrogen-bond acceptors (Lipinski definition) is 6. The van der Waals surface area contributed by atoms with Crippen LogP contribution in [0.2, 0.25) is 0 Å². The highest BCUT2D eigenvalue weighted by molar-refractivity contribution is 5.96. The number of nitrogens with one attached hydrogen (secondary N) is 2. The summed E-state index contributed by atoms with van der Waals surface area (Å²) < 4.78 is 4.95. The van der Waals surface area contributed by atoms with Crippen molar-refractivity contribution in [3.05, 3.63) is 69.8 Å². The van der Waals surface area contributed by atoms with Gasteiger partial charge in [-0.3, -0.25) is 19.8 Å². The molecule has 29 heavy (non-hydrogen) atoms. The Balaban J connectivity index is 1.59. The Hall–Kier alpha value is -2.97. The number of nitro groups is 1. The van der Waals surface area contributed by atoms with Crippen molar-refractivity contribution in [2.45, 2.75) is 19.0 Å². The molecular weight excluding hydrogens is 372 g/mol. The van der Waals surface area contributed by atoms with Gasteiger partial charge in [0.25, 0.3) is 11.6 Å². The number of hydrogen-bond donors (Lipinski definition) is 2. The summed E-state index contributed by atoms with van der Waals surface area (Å²) >= 11 is 0. The van der Waals surface area contributed by atoms with Gasteiger partial charge in [-0.1, -0.05) is 30.3 Å². The van der Waals surface area contributed by atoms with Crippen LogP contribution in [-0.4, -0.2) is 55.1 Å². The Labute approximate surface area is 170 Å². The Kier molecular flexibility index (Phi) is 7.15. The lowest BCUT2D eigenvalue weighted by Gasteiger charge is -2.17. The average Bonchev–Trinajstić information content (AvgIpc) is 3.15. The van der Waals surface area contributed by atoms with Gasteiger partial charge in [0.15, 0.2) is 0 Å². The van der Waals surface area contributed by atoms with Crippen LogP contribution in [-0.2, 0) is 11.3 Å². The molecule has 2 aromatic carbocycles. The highest BCUT2D eigenvalue weighted by Crippen LogP contribution is 2.25. The summed E-state index contributed by atoms with van der Waals surface area (Å²) in [5.41, 5.74) is 1.78. The van der Waals surface area contributed by atoms with E-state index in [2.05, 4.69) is 27.7 Å². The number of carbonyl (C=O) groups is 1. The smallest absolute Gasteiger partial charge is 0.293 e. The van der Waals surface area contributed by atoms with Crippen LogP contribution in [0, 0.1) is 10.1 Å². The Bertz CT molecular complexity index is 844. The van der Waals surface area contributed by atoms with E-state index < -0.39 is 4.92 Å². The van der Waals surface area contributed by atoms with Gasteiger partial charge in [0, 0.05) is 51.0 Å². The first-order valence-corrected chi connectivity index (χ1v) is 9.65. The third-order valence-corrected chi connectivity index (χ3v) is 4.93. The summed E-state index contributed by atoms with van der Waals surface area (Å²) in [4.78, 5) is 25.8. The standard InChI is InChI=1S/C21H26N4O4/c1-29-12-10-22-19-8-7-17(13-20(19)25(27)28)21(26)23-18-9-11-24(15-18)14-16-5-3-2-4-6-16/h2-8,13,18,22H,9-12,14-15H2,1H3,(H,23,26)/t18-/m0/s1. The summed E-state index contributed by atoms with van der Waals surface area (Å²) in [6.45, 7) is 3.39. The highest BCUT2D eigenvalue weighted by atomic mass is 16.6. The molecule has 2 N–H and O–H groups in total. The molecule has 0 spiro atoms. The van der Waals surface area contributed by atoms with E-state index in [-0.39, 0.29) is 23.2 Å². The zero-order valence-electron chi connectivity index (χ0n) is 16.5. The van der Waals surface area contributed by atoms with E-state index in [1.165, 1.54) is 11.6 Å². The van der Waals surface area contributed by atoms with Crippen molar-refractivity contribution in [3.63, 3.8) is 0 Å². The van der Waals surface area contributed by atoms with Gasteiger partial charge in [-0.25, -0.2) is 0 Å². The van der Waals surface area contributed by atoms with Gasteiger partial charge in [-0.2, -0.15) is 0 Å². The lowest BCUT2D eigenvalue weighted by Crippen LogP contribution is -2.37. The molecule has 154 valence electrons. The number of nitro benzene ring substituents is 1. The van der Waals surface area contributed by atoms with Gasteiger partial charge < -0.3 is 15.4 Å². The zero-order chi connectivity index (χ0) is 20.6. The number of nitrogens with zero attached hydrogens (tertiary/aromatic N) is 2. The first kappa shape index (κ1) is 20.8. The van der Waals surface area contributed by atoms with Crippen molar-refractivity contribution >= 4 is 17.3 Å². The molecule has 1 aliphatic rings. The molecule has 0 bridgehead atoms. The molecule has 2 aromatic rings. The molecule has 1 heterocycles. The monoisotopic (exact) mass is 398 g/mol. The number of benzene rings is 2. The fraction of sp³-hybridized carbons (Fsp3) is 0.381. The maximum atomic E-state index is 12.6. The van der Waals surface area contributed by atoms with Crippen LogP contribution in [0.5, 0.6) is 0 Å². The average molecular weight is 398 g/mol. The van der Waals surface area contributed by atoms with Crippen molar-refractivity contribution in [3.8, 4) is 0 Å². The summed E-state index contributed by atoms with van der Waals surface area (Å²) in [6.07, 6.45) is 0.858. The molecule has 0 aliphatic carbocycles. The van der Waals surface area contributed by atoms with Crippen LogP contribution in [0.4, 0.5) is 11.4 Å². The van der Waals surface area contributed by atoms with Gasteiger partial charge in [0.05, 0.1) is 11.5 Å². The van der Waals surface area contributed by atoms with Gasteiger partial charge in [-0.15, -0.1) is 0 Å².